The van der Waals surface area contributed by atoms with Gasteiger partial charge in [0.1, 0.15) is 5.75 Å². The molecule has 2 rings (SSSR count). The van der Waals surface area contributed by atoms with Crippen LogP contribution in [-0.4, -0.2) is 57.0 Å². The van der Waals surface area contributed by atoms with E-state index in [1.165, 1.54) is 0 Å². The highest BCUT2D eigenvalue weighted by atomic mass is 32.2. The number of ether oxygens (including phenoxy) is 1. The Morgan fingerprint density at radius 3 is 2.58 bits per heavy atom. The molecular weight excluding hydrogens is 328 g/mol. The quantitative estimate of drug-likeness (QED) is 0.801. The number of carbonyl (C=O) groups excluding carboxylic acids is 1. The van der Waals surface area contributed by atoms with Crippen molar-refractivity contribution in [2.45, 2.75) is 32.4 Å². The van der Waals surface area contributed by atoms with E-state index in [4.69, 9.17) is 4.74 Å². The van der Waals surface area contributed by atoms with Crippen LogP contribution in [0.2, 0.25) is 0 Å². The van der Waals surface area contributed by atoms with Gasteiger partial charge in [0.05, 0.1) is 30.7 Å². The van der Waals surface area contributed by atoms with Gasteiger partial charge < -0.3 is 10.1 Å². The Kier molecular flexibility index (Phi) is 6.23. The zero-order chi connectivity index (χ0) is 17.7. The molecule has 0 spiro atoms. The summed E-state index contributed by atoms with van der Waals surface area (Å²) in [6.07, 6.45) is 0.598. The number of hydrogen-bond donors (Lipinski definition) is 1. The molecule has 2 atom stereocenters. The number of nitrogens with zero attached hydrogens (tertiary/aromatic N) is 1. The first-order valence-corrected chi connectivity index (χ1v) is 10.1. The van der Waals surface area contributed by atoms with Crippen LogP contribution in [0.25, 0.3) is 0 Å². The fourth-order valence-corrected chi connectivity index (χ4v) is 4.67. The number of amides is 1. The van der Waals surface area contributed by atoms with Crippen LogP contribution in [0.15, 0.2) is 24.3 Å². The van der Waals surface area contributed by atoms with Crippen LogP contribution in [-0.2, 0) is 14.6 Å². The molecule has 1 aliphatic heterocycles. The van der Waals surface area contributed by atoms with Crippen molar-refractivity contribution in [3.05, 3.63) is 29.8 Å². The molecule has 0 aliphatic carbocycles. The summed E-state index contributed by atoms with van der Waals surface area (Å²) in [6, 6.07) is 7.45. The highest BCUT2D eigenvalue weighted by Gasteiger charge is 2.31. The van der Waals surface area contributed by atoms with Crippen molar-refractivity contribution in [2.24, 2.45) is 0 Å². The van der Waals surface area contributed by atoms with E-state index in [0.717, 1.165) is 11.3 Å². The Bertz CT molecular complexity index is 658. The van der Waals surface area contributed by atoms with Crippen molar-refractivity contribution < 1.29 is 17.9 Å². The minimum Gasteiger partial charge on any atom is -0.494 e. The van der Waals surface area contributed by atoms with E-state index >= 15 is 0 Å². The van der Waals surface area contributed by atoms with Crippen molar-refractivity contribution in [1.29, 1.82) is 0 Å². The number of carbonyl (C=O) groups is 1. The van der Waals surface area contributed by atoms with E-state index in [-0.39, 0.29) is 36.0 Å². The van der Waals surface area contributed by atoms with Crippen molar-refractivity contribution in [1.82, 2.24) is 10.2 Å². The van der Waals surface area contributed by atoms with E-state index in [9.17, 15) is 13.2 Å². The number of benzene rings is 1. The zero-order valence-corrected chi connectivity index (χ0v) is 15.3. The lowest BCUT2D eigenvalue weighted by atomic mass is 10.1. The number of hydrogen-bond acceptors (Lipinski definition) is 5. The second-order valence-electron chi connectivity index (χ2n) is 6.26. The summed E-state index contributed by atoms with van der Waals surface area (Å²) >= 11 is 0. The molecule has 6 nitrogen and oxygen atoms in total. The molecule has 1 amide bonds. The maximum absolute atomic E-state index is 12.2. The van der Waals surface area contributed by atoms with E-state index in [1.54, 1.807) is 7.05 Å². The second kappa shape index (κ2) is 7.98. The Balaban J connectivity index is 1.85. The first-order chi connectivity index (χ1) is 11.3. The fourth-order valence-electron chi connectivity index (χ4n) is 2.87. The standard InChI is InChI=1S/C17H26N2O4S/c1-4-23-16-7-5-14(6-8-16)13(2)18-17(20)11-19(3)15-9-10-24(21,22)12-15/h5-8,13,15H,4,9-12H2,1-3H3,(H,18,20)/t13-,15-/m0/s1. The van der Waals surface area contributed by atoms with E-state index in [1.807, 2.05) is 43.0 Å². The summed E-state index contributed by atoms with van der Waals surface area (Å²) in [4.78, 5) is 14.0. The number of likely N-dealkylation sites (N-methyl/N-ethyl adjacent to an activating group) is 1. The van der Waals surface area contributed by atoms with Crippen molar-refractivity contribution in [2.75, 3.05) is 31.7 Å². The lowest BCUT2D eigenvalue weighted by Crippen LogP contribution is -2.41. The summed E-state index contributed by atoms with van der Waals surface area (Å²) in [6.45, 7) is 4.67. The maximum Gasteiger partial charge on any atom is 0.234 e. The third-order valence-electron chi connectivity index (χ3n) is 4.29. The minimum absolute atomic E-state index is 0.0680. The normalized spacial score (nSPS) is 20.8. The molecule has 0 aromatic heterocycles. The van der Waals surface area contributed by atoms with Crippen molar-refractivity contribution in [3.8, 4) is 5.75 Å². The lowest BCUT2D eigenvalue weighted by molar-refractivity contribution is -0.123. The molecule has 134 valence electrons. The molecule has 0 unspecified atom stereocenters. The largest absolute Gasteiger partial charge is 0.494 e. The van der Waals surface area contributed by atoms with Crippen LogP contribution < -0.4 is 10.1 Å². The summed E-state index contributed by atoms with van der Waals surface area (Å²) in [5.74, 6) is 1.06. The van der Waals surface area contributed by atoms with Gasteiger partial charge in [0.2, 0.25) is 5.91 Å². The van der Waals surface area contributed by atoms with Gasteiger partial charge in [0.15, 0.2) is 9.84 Å². The minimum atomic E-state index is -2.94. The Morgan fingerprint density at radius 2 is 2.04 bits per heavy atom. The molecule has 1 aromatic carbocycles. The molecule has 1 aliphatic rings. The molecule has 24 heavy (non-hydrogen) atoms. The monoisotopic (exact) mass is 354 g/mol. The van der Waals surface area contributed by atoms with E-state index < -0.39 is 9.84 Å². The average Bonchev–Trinajstić information content (AvgIpc) is 2.88. The third kappa shape index (κ3) is 5.21. The van der Waals surface area contributed by atoms with E-state index in [0.29, 0.717) is 13.0 Å². The molecule has 1 heterocycles. The molecule has 7 heteroatoms. The van der Waals surface area contributed by atoms with Gasteiger partial charge in [0.25, 0.3) is 0 Å². The van der Waals surface area contributed by atoms with Crippen LogP contribution >= 0.6 is 0 Å². The summed E-state index contributed by atoms with van der Waals surface area (Å²) in [5, 5.41) is 2.95. The van der Waals surface area contributed by atoms with Crippen LogP contribution in [0.4, 0.5) is 0 Å². The highest BCUT2D eigenvalue weighted by Crippen LogP contribution is 2.18. The predicted octanol–water partition coefficient (Wildman–Crippen LogP) is 1.38. The first-order valence-electron chi connectivity index (χ1n) is 8.23. The maximum atomic E-state index is 12.2. The van der Waals surface area contributed by atoms with Gasteiger partial charge >= 0.3 is 0 Å². The molecule has 1 saturated heterocycles. The van der Waals surface area contributed by atoms with Gasteiger partial charge in [-0.1, -0.05) is 12.1 Å². The van der Waals surface area contributed by atoms with Gasteiger partial charge in [0, 0.05) is 6.04 Å². The van der Waals surface area contributed by atoms with Gasteiger partial charge in [-0.3, -0.25) is 9.69 Å². The topological polar surface area (TPSA) is 75.7 Å². The number of sulfone groups is 1. The Morgan fingerprint density at radius 1 is 1.38 bits per heavy atom. The third-order valence-corrected chi connectivity index (χ3v) is 6.04. The van der Waals surface area contributed by atoms with Crippen LogP contribution in [0.3, 0.4) is 0 Å². The first kappa shape index (κ1) is 18.7. The molecule has 1 N–H and O–H groups in total. The second-order valence-corrected chi connectivity index (χ2v) is 8.49. The zero-order valence-electron chi connectivity index (χ0n) is 14.5. The Labute approximate surface area is 144 Å². The molecule has 0 bridgehead atoms. The number of nitrogens with one attached hydrogen (secondary N) is 1. The summed E-state index contributed by atoms with van der Waals surface area (Å²) < 4.78 is 28.5. The van der Waals surface area contributed by atoms with E-state index in [2.05, 4.69) is 5.32 Å². The molecule has 0 radical (unpaired) electrons. The summed E-state index contributed by atoms with van der Waals surface area (Å²) in [7, 11) is -1.14. The lowest BCUT2D eigenvalue weighted by Gasteiger charge is -2.23. The van der Waals surface area contributed by atoms with Crippen molar-refractivity contribution in [3.63, 3.8) is 0 Å². The molecular formula is C17H26N2O4S. The summed E-state index contributed by atoms with van der Waals surface area (Å²) in [5.41, 5.74) is 0.998. The van der Waals surface area contributed by atoms with Crippen LogP contribution in [0, 0.1) is 0 Å². The van der Waals surface area contributed by atoms with Gasteiger partial charge in [-0.05, 0) is 45.0 Å². The van der Waals surface area contributed by atoms with Gasteiger partial charge in [-0.25, -0.2) is 8.42 Å². The van der Waals surface area contributed by atoms with Crippen molar-refractivity contribution >= 4 is 15.7 Å². The highest BCUT2D eigenvalue weighted by molar-refractivity contribution is 7.91. The molecule has 1 aromatic rings. The molecule has 1 fully saturated rings. The average molecular weight is 354 g/mol. The smallest absolute Gasteiger partial charge is 0.234 e. The van der Waals surface area contributed by atoms with Crippen LogP contribution in [0.1, 0.15) is 31.9 Å². The Hall–Kier alpha value is -1.60. The predicted molar refractivity (Wildman–Crippen MR) is 93.9 cm³/mol. The SMILES string of the molecule is CCOc1ccc([C@H](C)NC(=O)CN(C)[C@H]2CCS(=O)(=O)C2)cc1. The van der Waals surface area contributed by atoms with Crippen LogP contribution in [0.5, 0.6) is 5.75 Å². The molecule has 0 saturated carbocycles. The fraction of sp³-hybridized carbons (Fsp3) is 0.588. The van der Waals surface area contributed by atoms with Gasteiger partial charge in [-0.15, -0.1) is 0 Å². The van der Waals surface area contributed by atoms with Gasteiger partial charge in [-0.2, -0.15) is 0 Å². The number of rotatable bonds is 7.